The summed E-state index contributed by atoms with van der Waals surface area (Å²) >= 11 is 0. The third kappa shape index (κ3) is 5.38. The molecule has 0 aliphatic heterocycles. The number of carbonyl (C=O) groups excluding carboxylic acids is 1. The molecule has 0 fully saturated rings. The summed E-state index contributed by atoms with van der Waals surface area (Å²) < 4.78 is 62.9. The Morgan fingerprint density at radius 2 is 2.29 bits per heavy atom. The van der Waals surface area contributed by atoms with Crippen LogP contribution in [-0.4, -0.2) is 11.6 Å². The third-order valence-corrected chi connectivity index (χ3v) is 0.213. The Bertz CT molecular complexity index is 267. The highest BCUT2D eigenvalue weighted by Gasteiger charge is 2.04. The van der Waals surface area contributed by atoms with Crippen molar-refractivity contribution in [1.82, 2.24) is 0 Å². The molecule has 0 aromatic heterocycles. The van der Waals surface area contributed by atoms with E-state index in [0.29, 0.717) is 0 Å². The Labute approximate surface area is 55.9 Å². The second-order valence-corrected chi connectivity index (χ2v) is 0.914. The van der Waals surface area contributed by atoms with Crippen molar-refractivity contribution >= 4 is 6.08 Å². The minimum absolute atomic E-state index is 0.723. The first-order chi connectivity index (χ1) is 6.81. The fourth-order valence-electron chi connectivity index (χ4n) is 0.0685. The van der Waals surface area contributed by atoms with E-state index < -0.39 is 26.1 Å². The number of aliphatic imine (C=N–C) groups is 1. The largest absolute Gasteiger partial charge is 0.235 e. The predicted octanol–water partition coefficient (Wildman–Crippen LogP) is 1.12. The molecule has 0 bridgehead atoms. The van der Waals surface area contributed by atoms with Crippen molar-refractivity contribution in [3.8, 4) is 0 Å². The molecule has 0 aliphatic rings. The Morgan fingerprint density at radius 1 is 1.71 bits per heavy atom. The summed E-state index contributed by atoms with van der Waals surface area (Å²) in [5.74, 6) is 0. The van der Waals surface area contributed by atoms with Crippen LogP contribution in [0.15, 0.2) is 4.99 Å². The zero-order valence-corrected chi connectivity index (χ0v) is 3.36. The van der Waals surface area contributed by atoms with Gasteiger partial charge in [-0.1, -0.05) is 0 Å². The predicted molar refractivity (Wildman–Crippen MR) is 27.9 cm³/mol. The van der Waals surface area contributed by atoms with Gasteiger partial charge in [0.1, 0.15) is 0 Å². The normalized spacial score (nSPS) is 34.6. The SMILES string of the molecule is [2H]C([2H])([2H])C(N=C=O)(C([2H])([2H])[2H])C([2H])([2H])[2H]. The maximum Gasteiger partial charge on any atom is 0.235 e. The smallest absolute Gasteiger partial charge is 0.211 e. The van der Waals surface area contributed by atoms with E-state index in [9.17, 15) is 4.79 Å². The van der Waals surface area contributed by atoms with E-state index in [4.69, 9.17) is 12.3 Å². The quantitative estimate of drug-likeness (QED) is 0.338. The first-order valence-corrected chi connectivity index (χ1v) is 1.40. The van der Waals surface area contributed by atoms with Gasteiger partial charge in [0.25, 0.3) is 0 Å². The molecule has 0 saturated heterocycles. The molecular formula is C5H9NO. The standard InChI is InChI=1S/C5H9NO/c1-5(2,3)6-4-7/h1-3H3/i1D3,2D3,3D3. The molecule has 0 aromatic rings. The molecule has 0 N–H and O–H groups in total. The van der Waals surface area contributed by atoms with E-state index >= 15 is 0 Å². The molecule has 0 amide bonds. The summed E-state index contributed by atoms with van der Waals surface area (Å²) in [4.78, 5) is 12.7. The maximum atomic E-state index is 10.1. The molecule has 0 aromatic carbocycles. The van der Waals surface area contributed by atoms with Gasteiger partial charge in [-0.25, -0.2) is 9.79 Å². The van der Waals surface area contributed by atoms with E-state index in [2.05, 4.69) is 4.99 Å². The van der Waals surface area contributed by atoms with Gasteiger partial charge in [-0.2, -0.15) is 0 Å². The number of isocyanates is 1. The van der Waals surface area contributed by atoms with Gasteiger partial charge in [0.15, 0.2) is 0 Å². The number of nitrogens with zero attached hydrogens (tertiary/aromatic N) is 1. The molecule has 0 unspecified atom stereocenters. The number of rotatable bonds is 0. The second-order valence-electron chi connectivity index (χ2n) is 0.914. The summed E-state index contributed by atoms with van der Waals surface area (Å²) in [7, 11) is 0. The van der Waals surface area contributed by atoms with Crippen molar-refractivity contribution in [3.63, 3.8) is 0 Å². The minimum atomic E-state index is -3.47. The van der Waals surface area contributed by atoms with Gasteiger partial charge in [0.05, 0.1) is 5.54 Å². The first kappa shape index (κ1) is 0.893. The molecule has 2 nitrogen and oxygen atoms in total. The second kappa shape index (κ2) is 1.90. The fraction of sp³-hybridized carbons (Fsp3) is 0.800. The van der Waals surface area contributed by atoms with Gasteiger partial charge in [-0.15, -0.1) is 0 Å². The topological polar surface area (TPSA) is 29.4 Å². The lowest BCUT2D eigenvalue weighted by molar-refractivity contribution is 0.535. The van der Waals surface area contributed by atoms with Crippen LogP contribution in [0, 0.1) is 0 Å². The van der Waals surface area contributed by atoms with Crippen LogP contribution in [0.25, 0.3) is 0 Å². The summed E-state index contributed by atoms with van der Waals surface area (Å²) in [6.07, 6.45) is 0.723. The van der Waals surface area contributed by atoms with Crippen LogP contribution in [0.2, 0.25) is 0 Å². The van der Waals surface area contributed by atoms with Crippen LogP contribution in [0.1, 0.15) is 32.9 Å². The van der Waals surface area contributed by atoms with E-state index in [0.717, 1.165) is 6.08 Å². The molecule has 0 spiro atoms. The molecule has 0 saturated carbocycles. The molecule has 0 heterocycles. The van der Waals surface area contributed by atoms with Crippen LogP contribution in [0.3, 0.4) is 0 Å². The zero-order valence-electron chi connectivity index (χ0n) is 12.4. The van der Waals surface area contributed by atoms with Crippen LogP contribution in [-0.2, 0) is 4.79 Å². The molecule has 40 valence electrons. The Balaban J connectivity index is 6.15. The van der Waals surface area contributed by atoms with Gasteiger partial charge in [0, 0.05) is 12.3 Å². The fourth-order valence-corrected chi connectivity index (χ4v) is 0.0685. The van der Waals surface area contributed by atoms with E-state index in [1.807, 2.05) is 0 Å². The molecule has 7 heavy (non-hydrogen) atoms. The van der Waals surface area contributed by atoms with E-state index in [-0.39, 0.29) is 0 Å². The highest BCUT2D eigenvalue weighted by Crippen LogP contribution is 2.02. The first-order valence-electron chi connectivity index (χ1n) is 5.90. The Kier molecular flexibility index (Phi) is 0.242. The van der Waals surface area contributed by atoms with Crippen molar-refractivity contribution in [1.29, 1.82) is 0 Å². The molecule has 0 radical (unpaired) electrons. The molecule has 0 aliphatic carbocycles. The lowest BCUT2D eigenvalue weighted by Gasteiger charge is -2.05. The Hall–Kier alpha value is -0.620. The number of hydrogen-bond donors (Lipinski definition) is 0. The van der Waals surface area contributed by atoms with Crippen LogP contribution in [0.5, 0.6) is 0 Å². The van der Waals surface area contributed by atoms with E-state index in [1.165, 1.54) is 0 Å². The van der Waals surface area contributed by atoms with Gasteiger partial charge in [-0.05, 0) is 20.6 Å². The molecule has 2 heteroatoms. The number of hydrogen-bond acceptors (Lipinski definition) is 2. The summed E-state index contributed by atoms with van der Waals surface area (Å²) in [6, 6.07) is 0. The van der Waals surface area contributed by atoms with Crippen molar-refractivity contribution < 1.29 is 17.1 Å². The highest BCUT2D eigenvalue weighted by molar-refractivity contribution is 5.34. The highest BCUT2D eigenvalue weighted by atomic mass is 16.1. The summed E-state index contributed by atoms with van der Waals surface area (Å²) in [6.45, 7) is -10.4. The van der Waals surface area contributed by atoms with Crippen LogP contribution in [0.4, 0.5) is 0 Å². The van der Waals surface area contributed by atoms with Gasteiger partial charge >= 0.3 is 0 Å². The minimum Gasteiger partial charge on any atom is -0.211 e. The lowest BCUT2D eigenvalue weighted by atomic mass is 10.1. The van der Waals surface area contributed by atoms with Gasteiger partial charge < -0.3 is 0 Å². The van der Waals surface area contributed by atoms with Crippen LogP contribution < -0.4 is 0 Å². The average molecular weight is 108 g/mol. The molecule has 0 rings (SSSR count). The van der Waals surface area contributed by atoms with E-state index in [1.54, 1.807) is 0 Å². The zero-order chi connectivity index (χ0) is 13.4. The van der Waals surface area contributed by atoms with Gasteiger partial charge in [0.2, 0.25) is 6.08 Å². The van der Waals surface area contributed by atoms with Crippen molar-refractivity contribution in [2.45, 2.75) is 26.1 Å². The van der Waals surface area contributed by atoms with Crippen molar-refractivity contribution in [2.75, 3.05) is 0 Å². The third-order valence-electron chi connectivity index (χ3n) is 0.213. The lowest BCUT2D eigenvalue weighted by Crippen LogP contribution is -2.07. The van der Waals surface area contributed by atoms with Crippen molar-refractivity contribution in [3.05, 3.63) is 0 Å². The average Bonchev–Trinajstić information content (AvgIpc) is 1.91. The van der Waals surface area contributed by atoms with Crippen molar-refractivity contribution in [2.24, 2.45) is 4.99 Å². The maximum absolute atomic E-state index is 10.1. The Morgan fingerprint density at radius 3 is 2.43 bits per heavy atom. The van der Waals surface area contributed by atoms with Crippen LogP contribution >= 0.6 is 0 Å². The monoisotopic (exact) mass is 108 g/mol. The van der Waals surface area contributed by atoms with Gasteiger partial charge in [-0.3, -0.25) is 0 Å². The summed E-state index contributed by atoms with van der Waals surface area (Å²) in [5, 5.41) is 0. The summed E-state index contributed by atoms with van der Waals surface area (Å²) in [5.41, 5.74) is -3.44. The molecule has 0 atom stereocenters. The molecular weight excluding hydrogens is 90.1 g/mol.